The van der Waals surface area contributed by atoms with Crippen LogP contribution in [0.2, 0.25) is 0 Å². The second kappa shape index (κ2) is 3.39. The number of hydrogen-bond acceptors (Lipinski definition) is 2. The third-order valence-electron chi connectivity index (χ3n) is 1.87. The molecule has 0 aromatic heterocycles. The van der Waals surface area contributed by atoms with Gasteiger partial charge in [-0.2, -0.15) is 0 Å². The van der Waals surface area contributed by atoms with Crippen LogP contribution >= 0.6 is 0 Å². The number of phenols is 1. The van der Waals surface area contributed by atoms with Gasteiger partial charge in [-0.05, 0) is 25.0 Å². The number of hydrogen-bond donors (Lipinski definition) is 1. The molecule has 0 unspecified atom stereocenters. The Hall–Kier alpha value is -1.31. The molecule has 1 aromatic carbocycles. The average molecular weight is 164 g/mol. The van der Waals surface area contributed by atoms with Crippen molar-refractivity contribution >= 4 is 5.78 Å². The molecule has 0 heterocycles. The van der Waals surface area contributed by atoms with Gasteiger partial charge in [0.15, 0.2) is 5.78 Å². The Kier molecular flexibility index (Phi) is 2.48. The molecule has 12 heavy (non-hydrogen) atoms. The predicted molar refractivity (Wildman–Crippen MR) is 47.5 cm³/mol. The molecule has 1 N–H and O–H groups in total. The molecule has 0 bridgehead atoms. The lowest BCUT2D eigenvalue weighted by atomic mass is 10.1. The summed E-state index contributed by atoms with van der Waals surface area (Å²) in [5.41, 5.74) is 1.43. The number of carbonyl (C=O) groups is 1. The molecule has 1 rings (SSSR count). The summed E-state index contributed by atoms with van der Waals surface area (Å²) in [6.07, 6.45) is 0.782. The summed E-state index contributed by atoms with van der Waals surface area (Å²) in [5, 5.41) is 9.39. The number of aromatic hydroxyl groups is 1. The highest BCUT2D eigenvalue weighted by Crippen LogP contribution is 2.19. The van der Waals surface area contributed by atoms with E-state index in [-0.39, 0.29) is 11.5 Å². The molecule has 64 valence electrons. The molecule has 0 spiro atoms. The van der Waals surface area contributed by atoms with Crippen LogP contribution in [0.1, 0.15) is 29.8 Å². The molecular weight excluding hydrogens is 152 g/mol. The Morgan fingerprint density at radius 3 is 2.58 bits per heavy atom. The summed E-state index contributed by atoms with van der Waals surface area (Å²) in [7, 11) is 0. The highest BCUT2D eigenvalue weighted by Gasteiger charge is 2.03. The van der Waals surface area contributed by atoms with Crippen LogP contribution in [0.5, 0.6) is 5.75 Å². The Morgan fingerprint density at radius 1 is 1.50 bits per heavy atom. The van der Waals surface area contributed by atoms with Crippen molar-refractivity contribution in [3.05, 3.63) is 29.3 Å². The third-order valence-corrected chi connectivity index (χ3v) is 1.87. The third kappa shape index (κ3) is 1.64. The molecule has 0 atom stereocenters. The number of rotatable bonds is 2. The van der Waals surface area contributed by atoms with Crippen LogP contribution in [0.15, 0.2) is 18.2 Å². The van der Waals surface area contributed by atoms with E-state index < -0.39 is 0 Å². The van der Waals surface area contributed by atoms with Crippen molar-refractivity contribution in [3.63, 3.8) is 0 Å². The lowest BCUT2D eigenvalue weighted by molar-refractivity contribution is 0.101. The molecule has 0 amide bonds. The first-order valence-corrected chi connectivity index (χ1v) is 3.98. The van der Waals surface area contributed by atoms with Gasteiger partial charge in [-0.25, -0.2) is 0 Å². The Morgan fingerprint density at radius 2 is 2.17 bits per heavy atom. The van der Waals surface area contributed by atoms with Gasteiger partial charge in [0.05, 0.1) is 0 Å². The van der Waals surface area contributed by atoms with Crippen LogP contribution in [0.4, 0.5) is 0 Å². The van der Waals surface area contributed by atoms with Gasteiger partial charge in [0.1, 0.15) is 5.75 Å². The molecule has 0 fully saturated rings. The van der Waals surface area contributed by atoms with E-state index in [4.69, 9.17) is 0 Å². The number of Topliss-reactive ketones (excluding diaryl/α,β-unsaturated/α-hetero) is 1. The van der Waals surface area contributed by atoms with Crippen molar-refractivity contribution in [3.8, 4) is 5.75 Å². The van der Waals surface area contributed by atoms with E-state index in [0.717, 1.165) is 12.0 Å². The zero-order valence-electron chi connectivity index (χ0n) is 7.29. The Balaban J connectivity index is 3.10. The van der Waals surface area contributed by atoms with E-state index in [1.807, 2.05) is 6.92 Å². The van der Waals surface area contributed by atoms with Gasteiger partial charge in [0.2, 0.25) is 0 Å². The Labute approximate surface area is 71.8 Å². The van der Waals surface area contributed by atoms with Gasteiger partial charge in [-0.15, -0.1) is 0 Å². The summed E-state index contributed by atoms with van der Waals surface area (Å²) < 4.78 is 0. The van der Waals surface area contributed by atoms with Gasteiger partial charge < -0.3 is 5.11 Å². The first-order chi connectivity index (χ1) is 5.65. The summed E-state index contributed by atoms with van der Waals surface area (Å²) in [6, 6.07) is 5.04. The smallest absolute Gasteiger partial charge is 0.159 e. The van der Waals surface area contributed by atoms with Gasteiger partial charge in [-0.3, -0.25) is 4.79 Å². The predicted octanol–water partition coefficient (Wildman–Crippen LogP) is 2.16. The molecular formula is C10H12O2. The molecule has 0 aliphatic heterocycles. The van der Waals surface area contributed by atoms with E-state index in [9.17, 15) is 9.90 Å². The van der Waals surface area contributed by atoms with Crippen molar-refractivity contribution in [2.45, 2.75) is 20.3 Å². The fourth-order valence-corrected chi connectivity index (χ4v) is 1.08. The number of carbonyl (C=O) groups excluding carboxylic acids is 1. The van der Waals surface area contributed by atoms with Crippen LogP contribution in [0.3, 0.4) is 0 Å². The van der Waals surface area contributed by atoms with Crippen molar-refractivity contribution in [2.24, 2.45) is 0 Å². The summed E-state index contributed by atoms with van der Waals surface area (Å²) in [6.45, 7) is 3.45. The van der Waals surface area contributed by atoms with E-state index >= 15 is 0 Å². The zero-order chi connectivity index (χ0) is 9.14. The van der Waals surface area contributed by atoms with Crippen molar-refractivity contribution in [1.82, 2.24) is 0 Å². The minimum Gasteiger partial charge on any atom is -0.508 e. The van der Waals surface area contributed by atoms with E-state index in [1.165, 1.54) is 13.0 Å². The minimum atomic E-state index is -0.0204. The number of benzene rings is 1. The zero-order valence-corrected chi connectivity index (χ0v) is 7.29. The average Bonchev–Trinajstić information content (AvgIpc) is 2.04. The number of aryl methyl sites for hydroxylation is 1. The van der Waals surface area contributed by atoms with Gasteiger partial charge >= 0.3 is 0 Å². The largest absolute Gasteiger partial charge is 0.508 e. The van der Waals surface area contributed by atoms with Gasteiger partial charge in [-0.1, -0.05) is 19.1 Å². The van der Waals surface area contributed by atoms with Gasteiger partial charge in [0, 0.05) is 5.56 Å². The molecule has 2 nitrogen and oxygen atoms in total. The standard InChI is InChI=1S/C10H12O2/c1-3-8-4-5-9(7(2)11)6-10(8)12/h4-6,12H,3H2,1-2H3. The molecule has 0 saturated heterocycles. The van der Waals surface area contributed by atoms with E-state index in [1.54, 1.807) is 12.1 Å². The van der Waals surface area contributed by atoms with Crippen LogP contribution in [-0.4, -0.2) is 10.9 Å². The second-order valence-corrected chi connectivity index (χ2v) is 2.75. The topological polar surface area (TPSA) is 37.3 Å². The van der Waals surface area contributed by atoms with E-state index in [0.29, 0.717) is 5.56 Å². The molecule has 1 aromatic rings. The fourth-order valence-electron chi connectivity index (χ4n) is 1.08. The van der Waals surface area contributed by atoms with Crippen LogP contribution < -0.4 is 0 Å². The van der Waals surface area contributed by atoms with Crippen molar-refractivity contribution in [1.29, 1.82) is 0 Å². The number of ketones is 1. The number of phenolic OH excluding ortho intramolecular Hbond substituents is 1. The van der Waals surface area contributed by atoms with Crippen molar-refractivity contribution in [2.75, 3.05) is 0 Å². The normalized spacial score (nSPS) is 9.83. The molecule has 0 saturated carbocycles. The highest BCUT2D eigenvalue weighted by atomic mass is 16.3. The first kappa shape index (κ1) is 8.78. The second-order valence-electron chi connectivity index (χ2n) is 2.75. The van der Waals surface area contributed by atoms with Crippen molar-refractivity contribution < 1.29 is 9.90 Å². The van der Waals surface area contributed by atoms with E-state index in [2.05, 4.69) is 0 Å². The summed E-state index contributed by atoms with van der Waals surface area (Å²) >= 11 is 0. The SMILES string of the molecule is CCc1ccc(C(C)=O)cc1O. The summed E-state index contributed by atoms with van der Waals surface area (Å²) in [5.74, 6) is 0.193. The van der Waals surface area contributed by atoms with Crippen LogP contribution in [0, 0.1) is 0 Å². The highest BCUT2D eigenvalue weighted by molar-refractivity contribution is 5.94. The quantitative estimate of drug-likeness (QED) is 0.680. The maximum absolute atomic E-state index is 10.9. The lowest BCUT2D eigenvalue weighted by Crippen LogP contribution is -1.92. The fraction of sp³-hybridized carbons (Fsp3) is 0.300. The lowest BCUT2D eigenvalue weighted by Gasteiger charge is -2.02. The monoisotopic (exact) mass is 164 g/mol. The van der Waals surface area contributed by atoms with Crippen LogP contribution in [-0.2, 0) is 6.42 Å². The van der Waals surface area contributed by atoms with Crippen LogP contribution in [0.25, 0.3) is 0 Å². The molecule has 2 heteroatoms. The molecule has 0 aliphatic carbocycles. The maximum Gasteiger partial charge on any atom is 0.159 e. The van der Waals surface area contributed by atoms with Gasteiger partial charge in [0.25, 0.3) is 0 Å². The first-order valence-electron chi connectivity index (χ1n) is 3.98. The Bertz CT molecular complexity index is 303. The molecule has 0 radical (unpaired) electrons. The minimum absolute atomic E-state index is 0.0204. The molecule has 0 aliphatic rings. The maximum atomic E-state index is 10.9. The summed E-state index contributed by atoms with van der Waals surface area (Å²) in [4.78, 5) is 10.9.